The third-order valence-corrected chi connectivity index (χ3v) is 4.29. The molecule has 0 spiro atoms. The van der Waals surface area contributed by atoms with Crippen molar-refractivity contribution in [1.82, 2.24) is 0 Å². The molecule has 1 fully saturated rings. The van der Waals surface area contributed by atoms with Gasteiger partial charge in [0.15, 0.2) is 0 Å². The maximum Gasteiger partial charge on any atom is 0.122 e. The second kappa shape index (κ2) is 4.90. The van der Waals surface area contributed by atoms with Crippen LogP contribution in [0.4, 0.5) is 0 Å². The normalized spacial score (nSPS) is 19.2. The van der Waals surface area contributed by atoms with E-state index in [1.54, 1.807) is 14.2 Å². The van der Waals surface area contributed by atoms with Gasteiger partial charge >= 0.3 is 0 Å². The van der Waals surface area contributed by atoms with Crippen LogP contribution in [0.1, 0.15) is 42.0 Å². The molecule has 1 aliphatic rings. The Hall–Kier alpha value is -1.06. The number of methoxy groups -OCH3 is 2. The van der Waals surface area contributed by atoms with Gasteiger partial charge in [0, 0.05) is 7.11 Å². The average Bonchev–Trinajstić information content (AvgIpc) is 2.30. The van der Waals surface area contributed by atoms with Crippen LogP contribution in [-0.2, 0) is 4.74 Å². The second-order valence-corrected chi connectivity index (χ2v) is 5.28. The Kier molecular flexibility index (Phi) is 3.64. The monoisotopic (exact) mass is 249 g/mol. The van der Waals surface area contributed by atoms with Crippen LogP contribution in [-0.4, -0.2) is 19.8 Å². The van der Waals surface area contributed by atoms with Gasteiger partial charge in [0.1, 0.15) is 5.75 Å². The second-order valence-electron chi connectivity index (χ2n) is 5.28. The smallest absolute Gasteiger partial charge is 0.122 e. The van der Waals surface area contributed by atoms with Crippen LogP contribution in [0, 0.1) is 13.8 Å². The van der Waals surface area contributed by atoms with Crippen LogP contribution in [0.5, 0.6) is 5.75 Å². The van der Waals surface area contributed by atoms with Crippen LogP contribution in [0.2, 0.25) is 0 Å². The van der Waals surface area contributed by atoms with E-state index in [9.17, 15) is 0 Å². The van der Waals surface area contributed by atoms with Crippen LogP contribution in [0.15, 0.2) is 12.1 Å². The van der Waals surface area contributed by atoms with Crippen molar-refractivity contribution >= 4 is 0 Å². The molecule has 1 aromatic carbocycles. The van der Waals surface area contributed by atoms with Crippen molar-refractivity contribution in [3.63, 3.8) is 0 Å². The minimum Gasteiger partial charge on any atom is -0.496 e. The van der Waals surface area contributed by atoms with Gasteiger partial charge in [-0.1, -0.05) is 6.07 Å². The van der Waals surface area contributed by atoms with E-state index >= 15 is 0 Å². The summed E-state index contributed by atoms with van der Waals surface area (Å²) in [7, 11) is 3.47. The summed E-state index contributed by atoms with van der Waals surface area (Å²) in [5.41, 5.74) is 9.75. The average molecular weight is 249 g/mol. The van der Waals surface area contributed by atoms with E-state index < -0.39 is 0 Å². The Morgan fingerprint density at radius 1 is 1.17 bits per heavy atom. The number of nitrogens with two attached hydrogens (primary N) is 1. The first-order valence-electron chi connectivity index (χ1n) is 6.50. The highest BCUT2D eigenvalue weighted by Gasteiger charge is 2.43. The number of aryl methyl sites for hydroxylation is 2. The summed E-state index contributed by atoms with van der Waals surface area (Å²) < 4.78 is 11.0. The lowest BCUT2D eigenvalue weighted by molar-refractivity contribution is -0.0913. The van der Waals surface area contributed by atoms with Gasteiger partial charge in [-0.05, 0) is 55.9 Å². The van der Waals surface area contributed by atoms with Crippen LogP contribution >= 0.6 is 0 Å². The lowest BCUT2D eigenvalue weighted by Crippen LogP contribution is -2.48. The van der Waals surface area contributed by atoms with Crippen molar-refractivity contribution in [3.05, 3.63) is 28.8 Å². The lowest BCUT2D eigenvalue weighted by Gasteiger charge is -2.45. The molecule has 0 bridgehead atoms. The Morgan fingerprint density at radius 2 is 1.83 bits per heavy atom. The summed E-state index contributed by atoms with van der Waals surface area (Å²) in [5, 5.41) is 0. The summed E-state index contributed by atoms with van der Waals surface area (Å²) in [6.07, 6.45) is 3.31. The van der Waals surface area contributed by atoms with Crippen molar-refractivity contribution in [2.45, 2.75) is 44.8 Å². The molecule has 3 heteroatoms. The first-order chi connectivity index (χ1) is 8.54. The molecule has 0 saturated heterocycles. The molecule has 100 valence electrons. The van der Waals surface area contributed by atoms with Gasteiger partial charge < -0.3 is 15.2 Å². The highest BCUT2D eigenvalue weighted by Crippen LogP contribution is 2.44. The van der Waals surface area contributed by atoms with Crippen LogP contribution in [0.3, 0.4) is 0 Å². The minimum absolute atomic E-state index is 0.0548. The lowest BCUT2D eigenvalue weighted by atomic mass is 9.72. The highest BCUT2D eigenvalue weighted by atomic mass is 16.5. The quantitative estimate of drug-likeness (QED) is 0.892. The fraction of sp³-hybridized carbons (Fsp3) is 0.600. The molecule has 1 unspecified atom stereocenters. The zero-order valence-electron chi connectivity index (χ0n) is 11.7. The standard InChI is InChI=1S/C15H23NO2/c1-10-9-13(17-3)11(2)8-12(10)14(16)15(18-4)6-5-7-15/h8-9,14H,5-7,16H2,1-4H3. The highest BCUT2D eigenvalue weighted by molar-refractivity contribution is 5.43. The largest absolute Gasteiger partial charge is 0.496 e. The molecule has 0 amide bonds. The Labute approximate surface area is 109 Å². The predicted octanol–water partition coefficient (Wildman–Crippen LogP) is 2.88. The van der Waals surface area contributed by atoms with Gasteiger partial charge in [-0.25, -0.2) is 0 Å². The molecule has 2 N–H and O–H groups in total. The molecule has 1 aromatic rings. The summed E-state index contributed by atoms with van der Waals surface area (Å²) >= 11 is 0. The fourth-order valence-corrected chi connectivity index (χ4v) is 2.82. The van der Waals surface area contributed by atoms with E-state index in [-0.39, 0.29) is 11.6 Å². The van der Waals surface area contributed by atoms with Crippen LogP contribution in [0.25, 0.3) is 0 Å². The van der Waals surface area contributed by atoms with E-state index in [0.29, 0.717) is 0 Å². The first-order valence-corrected chi connectivity index (χ1v) is 6.50. The van der Waals surface area contributed by atoms with E-state index in [1.165, 1.54) is 17.5 Å². The molecule has 1 aliphatic carbocycles. The van der Waals surface area contributed by atoms with Crippen molar-refractivity contribution < 1.29 is 9.47 Å². The number of hydrogen-bond acceptors (Lipinski definition) is 3. The molecule has 0 aliphatic heterocycles. The Balaban J connectivity index is 2.36. The SMILES string of the molecule is COc1cc(C)c(C(N)C2(OC)CCC2)cc1C. The Morgan fingerprint density at radius 3 is 2.28 bits per heavy atom. The fourth-order valence-electron chi connectivity index (χ4n) is 2.82. The molecule has 1 saturated carbocycles. The molecular formula is C15H23NO2. The molecule has 1 atom stereocenters. The van der Waals surface area contributed by atoms with Gasteiger partial charge in [-0.3, -0.25) is 0 Å². The number of ether oxygens (including phenoxy) is 2. The van der Waals surface area contributed by atoms with Gasteiger partial charge in [0.05, 0.1) is 18.8 Å². The number of hydrogen-bond donors (Lipinski definition) is 1. The molecular weight excluding hydrogens is 226 g/mol. The van der Waals surface area contributed by atoms with Crippen molar-refractivity contribution in [2.75, 3.05) is 14.2 Å². The van der Waals surface area contributed by atoms with Gasteiger partial charge in [0.25, 0.3) is 0 Å². The van der Waals surface area contributed by atoms with Gasteiger partial charge in [0.2, 0.25) is 0 Å². The summed E-state index contributed by atoms with van der Waals surface area (Å²) in [5.74, 6) is 0.920. The number of benzene rings is 1. The van der Waals surface area contributed by atoms with Crippen molar-refractivity contribution in [3.8, 4) is 5.75 Å². The van der Waals surface area contributed by atoms with Crippen LogP contribution < -0.4 is 10.5 Å². The van der Waals surface area contributed by atoms with Crippen molar-refractivity contribution in [1.29, 1.82) is 0 Å². The first kappa shape index (κ1) is 13.4. The topological polar surface area (TPSA) is 44.5 Å². The molecule has 18 heavy (non-hydrogen) atoms. The number of rotatable bonds is 4. The zero-order valence-corrected chi connectivity index (χ0v) is 11.7. The maximum atomic E-state index is 6.44. The molecule has 0 radical (unpaired) electrons. The summed E-state index contributed by atoms with van der Waals surface area (Å²) in [6, 6.07) is 4.14. The zero-order chi connectivity index (χ0) is 13.3. The Bertz CT molecular complexity index is 433. The molecule has 2 rings (SSSR count). The third kappa shape index (κ3) is 2.02. The molecule has 0 heterocycles. The summed E-state index contributed by atoms with van der Waals surface area (Å²) in [6.45, 7) is 4.13. The summed E-state index contributed by atoms with van der Waals surface area (Å²) in [4.78, 5) is 0. The van der Waals surface area contributed by atoms with E-state index in [0.717, 1.165) is 24.2 Å². The molecule has 3 nitrogen and oxygen atoms in total. The van der Waals surface area contributed by atoms with E-state index in [1.807, 2.05) is 0 Å². The van der Waals surface area contributed by atoms with Gasteiger partial charge in [-0.2, -0.15) is 0 Å². The third-order valence-electron chi connectivity index (χ3n) is 4.29. The predicted molar refractivity (Wildman–Crippen MR) is 73.0 cm³/mol. The maximum absolute atomic E-state index is 6.44. The van der Waals surface area contributed by atoms with E-state index in [2.05, 4.69) is 26.0 Å². The van der Waals surface area contributed by atoms with Crippen molar-refractivity contribution in [2.24, 2.45) is 5.73 Å². The molecule has 0 aromatic heterocycles. The minimum atomic E-state index is -0.161. The van der Waals surface area contributed by atoms with E-state index in [4.69, 9.17) is 15.2 Å². The van der Waals surface area contributed by atoms with Gasteiger partial charge in [-0.15, -0.1) is 0 Å².